The van der Waals surface area contributed by atoms with Gasteiger partial charge in [0.1, 0.15) is 12.0 Å². The van der Waals surface area contributed by atoms with Gasteiger partial charge in [-0.25, -0.2) is 13.2 Å². The number of nitrogens with zero attached hydrogens (tertiary/aromatic N) is 2. The first-order valence-corrected chi connectivity index (χ1v) is 27.7. The molecular weight excluding hydrogens is 843 g/mol. The van der Waals surface area contributed by atoms with Crippen molar-refractivity contribution in [2.24, 2.45) is 51.2 Å². The largest absolute Gasteiger partial charge is 0.469 e. The monoisotopic (exact) mass is 924 g/mol. The van der Waals surface area contributed by atoms with Crippen LogP contribution < -0.4 is 10.1 Å². The Morgan fingerprint density at radius 1 is 0.938 bits per heavy atom. The van der Waals surface area contributed by atoms with Crippen LogP contribution in [-0.2, 0) is 24.1 Å². The summed E-state index contributed by atoms with van der Waals surface area (Å²) in [6.07, 6.45) is 20.2. The molecule has 1 aromatic heterocycles. The Kier molecular flexibility index (Phi) is 15.1. The number of nitrogens with one attached hydrogen (secondary N) is 1. The number of ether oxygens (including phenoxy) is 3. The van der Waals surface area contributed by atoms with Crippen LogP contribution in [0.2, 0.25) is 0 Å². The fourth-order valence-electron chi connectivity index (χ4n) is 14.0. The van der Waals surface area contributed by atoms with Gasteiger partial charge in [-0.15, -0.1) is 6.58 Å². The van der Waals surface area contributed by atoms with Crippen LogP contribution in [0.5, 0.6) is 5.19 Å². The molecule has 3 saturated carbocycles. The highest BCUT2D eigenvalue weighted by Crippen LogP contribution is 2.70. The number of sulfone groups is 1. The van der Waals surface area contributed by atoms with Crippen molar-refractivity contribution >= 4 is 33.1 Å². The number of allylic oxidation sites excluding steroid dienone is 5. The van der Waals surface area contributed by atoms with Crippen LogP contribution >= 0.6 is 11.3 Å². The Bertz CT molecular complexity index is 2030. The maximum atomic E-state index is 13.7. The van der Waals surface area contributed by atoms with E-state index in [0.717, 1.165) is 32.4 Å². The third-order valence-corrected chi connectivity index (χ3v) is 20.8. The van der Waals surface area contributed by atoms with Crippen LogP contribution in [0, 0.1) is 51.2 Å². The first kappa shape index (κ1) is 49.4. The highest BCUT2D eigenvalue weighted by molar-refractivity contribution is 7.91. The van der Waals surface area contributed by atoms with Crippen molar-refractivity contribution in [1.82, 2.24) is 15.2 Å². The van der Waals surface area contributed by atoms with E-state index in [1.807, 2.05) is 6.92 Å². The average molecular weight is 924 g/mol. The van der Waals surface area contributed by atoms with Crippen LogP contribution in [0.3, 0.4) is 0 Å². The van der Waals surface area contributed by atoms with Gasteiger partial charge in [-0.1, -0.05) is 63.7 Å². The lowest BCUT2D eigenvalue weighted by atomic mass is 9.39. The average Bonchev–Trinajstić information content (AvgIpc) is 3.88. The first-order valence-electron chi connectivity index (χ1n) is 25.0. The van der Waals surface area contributed by atoms with Gasteiger partial charge in [-0.3, -0.25) is 4.79 Å². The van der Waals surface area contributed by atoms with Gasteiger partial charge < -0.3 is 24.4 Å². The van der Waals surface area contributed by atoms with Crippen LogP contribution in [0.4, 0.5) is 0 Å². The molecule has 1 aliphatic heterocycles. The molecule has 9 atom stereocenters. The van der Waals surface area contributed by atoms with Crippen molar-refractivity contribution < 1.29 is 32.2 Å². The van der Waals surface area contributed by atoms with E-state index in [0.29, 0.717) is 67.3 Å². The van der Waals surface area contributed by atoms with E-state index >= 15 is 0 Å². The SMILES string of the molecule is C=C(C)C[C@@H]1CC[C@]2(NCCN3CCS(=O)(=O)CC3)CC[C@]3(C)[C@H](CCC4CC/C=C(/C5=CCC(COc6nc(C(=O)OCC)cs6)(C(=O)OCC)CC5)C(C)(C)C(C)CC[C@]43C)C12. The quantitative estimate of drug-likeness (QED) is 0.142. The molecule has 4 fully saturated rings. The summed E-state index contributed by atoms with van der Waals surface area (Å²) in [5.41, 5.74) is 4.12. The van der Waals surface area contributed by atoms with E-state index in [4.69, 9.17) is 14.2 Å². The van der Waals surface area contributed by atoms with Gasteiger partial charge in [0, 0.05) is 37.1 Å². The lowest BCUT2D eigenvalue weighted by molar-refractivity contribution is -0.161. The Labute approximate surface area is 390 Å². The van der Waals surface area contributed by atoms with Gasteiger partial charge in [-0.05, 0) is 168 Å². The maximum Gasteiger partial charge on any atom is 0.357 e. The zero-order valence-electron chi connectivity index (χ0n) is 40.7. The molecule has 10 nitrogen and oxygen atoms in total. The van der Waals surface area contributed by atoms with Crippen molar-refractivity contribution in [1.29, 1.82) is 0 Å². The Morgan fingerprint density at radius 2 is 1.69 bits per heavy atom. The Balaban J connectivity index is 1.08. The third-order valence-electron chi connectivity index (χ3n) is 18.4. The third kappa shape index (κ3) is 9.74. The van der Waals surface area contributed by atoms with Crippen LogP contribution in [0.15, 0.2) is 40.8 Å². The zero-order valence-corrected chi connectivity index (χ0v) is 42.3. The number of thiazole rings is 1. The van der Waals surface area contributed by atoms with E-state index in [9.17, 15) is 18.0 Å². The summed E-state index contributed by atoms with van der Waals surface area (Å²) in [5.74, 6) is 2.96. The molecule has 6 aliphatic rings. The minimum absolute atomic E-state index is 0.0446. The molecule has 1 N–H and O–H groups in total. The van der Waals surface area contributed by atoms with E-state index < -0.39 is 21.2 Å². The van der Waals surface area contributed by atoms with Crippen molar-refractivity contribution in [3.63, 3.8) is 0 Å². The zero-order chi connectivity index (χ0) is 46.1. The smallest absolute Gasteiger partial charge is 0.357 e. The summed E-state index contributed by atoms with van der Waals surface area (Å²) < 4.78 is 41.2. The fraction of sp³-hybridized carbons (Fsp3) is 0.788. The predicted molar refractivity (Wildman–Crippen MR) is 257 cm³/mol. The van der Waals surface area contributed by atoms with Crippen LogP contribution in [0.1, 0.15) is 156 Å². The summed E-state index contributed by atoms with van der Waals surface area (Å²) in [5, 5.41) is 6.25. The maximum absolute atomic E-state index is 13.7. The summed E-state index contributed by atoms with van der Waals surface area (Å²) in [6.45, 7) is 27.0. The summed E-state index contributed by atoms with van der Waals surface area (Å²) in [4.78, 5) is 32.6. The molecule has 1 saturated heterocycles. The summed E-state index contributed by atoms with van der Waals surface area (Å²) >= 11 is 1.24. The fourth-order valence-corrected chi connectivity index (χ4v) is 16.0. The Hall–Kier alpha value is -2.54. The van der Waals surface area contributed by atoms with E-state index in [2.05, 4.69) is 75.5 Å². The number of rotatable bonds is 14. The van der Waals surface area contributed by atoms with Crippen molar-refractivity contribution in [2.75, 3.05) is 57.5 Å². The van der Waals surface area contributed by atoms with Gasteiger partial charge in [-0.2, -0.15) is 4.98 Å². The number of carbonyl (C=O) groups excluding carboxylic acids is 2. The highest BCUT2D eigenvalue weighted by atomic mass is 32.2. The number of carbonyl (C=O) groups is 2. The molecule has 0 amide bonds. The minimum atomic E-state index is -2.88. The topological polar surface area (TPSA) is 124 Å². The number of esters is 2. The Morgan fingerprint density at radius 3 is 2.38 bits per heavy atom. The van der Waals surface area contributed by atoms with Gasteiger partial charge >= 0.3 is 11.9 Å². The molecule has 7 rings (SSSR count). The molecule has 5 aliphatic carbocycles. The molecule has 1 aromatic rings. The van der Waals surface area contributed by atoms with Gasteiger partial charge in [0.15, 0.2) is 15.5 Å². The van der Waals surface area contributed by atoms with Crippen LogP contribution in [0.25, 0.3) is 0 Å². The van der Waals surface area contributed by atoms with Gasteiger partial charge in [0.25, 0.3) is 5.19 Å². The molecule has 4 unspecified atom stereocenters. The summed E-state index contributed by atoms with van der Waals surface area (Å²) in [6, 6.07) is 0. The van der Waals surface area contributed by atoms with E-state index in [-0.39, 0.29) is 58.2 Å². The van der Waals surface area contributed by atoms with E-state index in [1.54, 1.807) is 12.3 Å². The lowest BCUT2D eigenvalue weighted by Gasteiger charge is -2.66. The van der Waals surface area contributed by atoms with Gasteiger partial charge in [0.2, 0.25) is 0 Å². The molecule has 2 heterocycles. The second-order valence-electron chi connectivity index (χ2n) is 22.1. The molecule has 0 spiro atoms. The van der Waals surface area contributed by atoms with E-state index in [1.165, 1.54) is 85.8 Å². The molecule has 0 radical (unpaired) electrons. The second kappa shape index (κ2) is 19.6. The highest BCUT2D eigenvalue weighted by Gasteiger charge is 2.65. The molecule has 0 aromatic carbocycles. The van der Waals surface area contributed by atoms with Gasteiger partial charge in [0.05, 0.1) is 24.7 Å². The second-order valence-corrected chi connectivity index (χ2v) is 25.2. The minimum Gasteiger partial charge on any atom is -0.469 e. The number of aromatic nitrogens is 1. The van der Waals surface area contributed by atoms with Crippen molar-refractivity contribution in [2.45, 2.75) is 151 Å². The molecule has 0 bridgehead atoms. The first-order chi connectivity index (χ1) is 30.3. The molecule has 64 heavy (non-hydrogen) atoms. The van der Waals surface area contributed by atoms with Crippen molar-refractivity contribution in [3.05, 3.63) is 46.5 Å². The predicted octanol–water partition coefficient (Wildman–Crippen LogP) is 10.4. The number of hydrogen-bond donors (Lipinski definition) is 1. The lowest BCUT2D eigenvalue weighted by Crippen LogP contribution is -2.64. The molecule has 12 heteroatoms. The molecule has 358 valence electrons. The normalized spacial score (nSPS) is 37.1. The van der Waals surface area contributed by atoms with Crippen molar-refractivity contribution in [3.8, 4) is 5.19 Å². The summed E-state index contributed by atoms with van der Waals surface area (Å²) in [7, 11) is -2.88. The van der Waals surface area contributed by atoms with Crippen LogP contribution in [-0.4, -0.2) is 93.3 Å². The number of hydrogen-bond acceptors (Lipinski definition) is 11. The standard InChI is InChI=1S/C52H81N3O7S2/c1-10-60-45(56)43-34-63-47(54-43)62-35-51(46(57)61-11-2)22-18-38(19-23-51)41-14-12-13-40-15-16-42-44-39(33-36(3)4)20-24-52(44,53-27-28-55-29-31-64(58,59)32-30-55)26-25-50(42,9)49(40,8)21-17-37(5)48(41,6)7/h14,18,34,37,39-40,42,44,53H,3,10-13,15-17,19-33,35H2,1-2,4-9H3/b41-14-/t37?,39-,40?,42+,44?,49+,50+,51?,52-/m0/s1. The molecular formula is C52H81N3O7S2. The number of fused-ring (bicyclic) bond motifs is 5.